The monoisotopic (exact) mass is 177 g/mol. The molecule has 0 aromatic rings. The normalized spacial score (nSPS) is 31.1. The van der Waals surface area contributed by atoms with Gasteiger partial charge in [-0.3, -0.25) is 0 Å². The van der Waals surface area contributed by atoms with E-state index < -0.39 is 0 Å². The fourth-order valence-corrected chi connectivity index (χ4v) is 1.75. The van der Waals surface area contributed by atoms with Crippen molar-refractivity contribution < 1.29 is 0 Å². The van der Waals surface area contributed by atoms with E-state index in [9.17, 15) is 0 Å². The highest BCUT2D eigenvalue weighted by Gasteiger charge is 2.17. The van der Waals surface area contributed by atoms with Crippen molar-refractivity contribution in [2.45, 2.75) is 33.1 Å². The zero-order valence-corrected chi connectivity index (χ0v) is 8.41. The van der Waals surface area contributed by atoms with Gasteiger partial charge in [0.2, 0.25) is 0 Å². The summed E-state index contributed by atoms with van der Waals surface area (Å²) in [5, 5.41) is 3.49. The van der Waals surface area contributed by atoms with E-state index in [0.29, 0.717) is 0 Å². The molecule has 68 valence electrons. The predicted octanol–water partition coefficient (Wildman–Crippen LogP) is 2.45. The maximum Gasteiger partial charge on any atom is -0.00204 e. The molecule has 0 bridgehead atoms. The first kappa shape index (κ1) is 11.2. The molecule has 0 aromatic carbocycles. The Labute approximate surface area is 76.4 Å². The van der Waals surface area contributed by atoms with E-state index in [-0.39, 0.29) is 12.4 Å². The molecular formula is C9H20ClN. The fraction of sp³-hybridized carbons (Fsp3) is 1.00. The van der Waals surface area contributed by atoms with Crippen LogP contribution in [-0.4, -0.2) is 13.1 Å². The molecule has 1 aliphatic heterocycles. The summed E-state index contributed by atoms with van der Waals surface area (Å²) in [5.41, 5.74) is 0. The average molecular weight is 178 g/mol. The summed E-state index contributed by atoms with van der Waals surface area (Å²) in [6, 6.07) is 0. The highest BCUT2D eigenvalue weighted by atomic mass is 35.5. The molecule has 1 heterocycles. The Hall–Kier alpha value is 0.250. The van der Waals surface area contributed by atoms with Crippen LogP contribution >= 0.6 is 12.4 Å². The molecular weight excluding hydrogens is 158 g/mol. The number of hydrogen-bond donors (Lipinski definition) is 1. The smallest absolute Gasteiger partial charge is 0.00204 e. The third-order valence-corrected chi connectivity index (χ3v) is 2.69. The topological polar surface area (TPSA) is 12.0 Å². The summed E-state index contributed by atoms with van der Waals surface area (Å²) in [6.45, 7) is 7.11. The maximum atomic E-state index is 3.49. The lowest BCUT2D eigenvalue weighted by atomic mass is 9.87. The Morgan fingerprint density at radius 2 is 1.55 bits per heavy atom. The molecule has 1 rings (SSSR count). The maximum absolute atomic E-state index is 3.49. The molecule has 1 N–H and O–H groups in total. The Kier molecular flexibility index (Phi) is 5.98. The van der Waals surface area contributed by atoms with Gasteiger partial charge in [0, 0.05) is 0 Å². The van der Waals surface area contributed by atoms with Gasteiger partial charge in [-0.15, -0.1) is 12.4 Å². The molecule has 2 unspecified atom stereocenters. The molecule has 1 fully saturated rings. The molecule has 11 heavy (non-hydrogen) atoms. The standard InChI is InChI=1S/C9H19N.ClH/c1-3-8-5-9(4-2)7-10-6-8;/h8-10H,3-7H2,1-2H3;1H. The first-order valence-electron chi connectivity index (χ1n) is 4.57. The van der Waals surface area contributed by atoms with Crippen molar-refractivity contribution >= 4 is 12.4 Å². The number of nitrogens with one attached hydrogen (secondary N) is 1. The molecule has 2 heteroatoms. The molecule has 0 spiro atoms. The summed E-state index contributed by atoms with van der Waals surface area (Å²) in [5.74, 6) is 1.91. The van der Waals surface area contributed by atoms with Crippen molar-refractivity contribution in [3.8, 4) is 0 Å². The second-order valence-electron chi connectivity index (χ2n) is 3.44. The van der Waals surface area contributed by atoms with Gasteiger partial charge < -0.3 is 5.32 Å². The van der Waals surface area contributed by atoms with E-state index >= 15 is 0 Å². The second kappa shape index (κ2) is 5.84. The van der Waals surface area contributed by atoms with Crippen LogP contribution in [0.1, 0.15) is 33.1 Å². The first-order valence-corrected chi connectivity index (χ1v) is 4.57. The Balaban J connectivity index is 0.000001000. The molecule has 0 saturated carbocycles. The van der Waals surface area contributed by atoms with E-state index in [4.69, 9.17) is 0 Å². The number of rotatable bonds is 2. The zero-order valence-electron chi connectivity index (χ0n) is 7.60. The highest BCUT2D eigenvalue weighted by Crippen LogP contribution is 2.20. The Morgan fingerprint density at radius 1 is 1.09 bits per heavy atom. The lowest BCUT2D eigenvalue weighted by molar-refractivity contribution is 0.275. The molecule has 0 amide bonds. The van der Waals surface area contributed by atoms with E-state index in [0.717, 1.165) is 11.8 Å². The number of halogens is 1. The van der Waals surface area contributed by atoms with Crippen LogP contribution in [0.4, 0.5) is 0 Å². The molecule has 1 nitrogen and oxygen atoms in total. The van der Waals surface area contributed by atoms with Gasteiger partial charge >= 0.3 is 0 Å². The molecule has 2 atom stereocenters. The van der Waals surface area contributed by atoms with Gasteiger partial charge in [-0.05, 0) is 31.3 Å². The van der Waals surface area contributed by atoms with E-state index in [1.54, 1.807) is 0 Å². The lowest BCUT2D eigenvalue weighted by Crippen LogP contribution is -2.35. The summed E-state index contributed by atoms with van der Waals surface area (Å²) in [7, 11) is 0. The molecule has 1 saturated heterocycles. The summed E-state index contributed by atoms with van der Waals surface area (Å²) in [6.07, 6.45) is 4.16. The summed E-state index contributed by atoms with van der Waals surface area (Å²) < 4.78 is 0. The van der Waals surface area contributed by atoms with Crippen LogP contribution in [0.5, 0.6) is 0 Å². The van der Waals surface area contributed by atoms with E-state index in [1.807, 2.05) is 0 Å². The quantitative estimate of drug-likeness (QED) is 0.684. The van der Waals surface area contributed by atoms with E-state index in [2.05, 4.69) is 19.2 Å². The van der Waals surface area contributed by atoms with Crippen LogP contribution < -0.4 is 5.32 Å². The van der Waals surface area contributed by atoms with Crippen LogP contribution in [0.3, 0.4) is 0 Å². The zero-order chi connectivity index (χ0) is 7.40. The van der Waals surface area contributed by atoms with Gasteiger partial charge in [0.15, 0.2) is 0 Å². The average Bonchev–Trinajstić information content (AvgIpc) is 2.05. The minimum atomic E-state index is 0. The Bertz CT molecular complexity index is 85.6. The minimum absolute atomic E-state index is 0. The van der Waals surface area contributed by atoms with Gasteiger partial charge in [0.1, 0.15) is 0 Å². The van der Waals surface area contributed by atoms with Crippen molar-refractivity contribution in [1.82, 2.24) is 5.32 Å². The fourth-order valence-electron chi connectivity index (χ4n) is 1.75. The number of hydrogen-bond acceptors (Lipinski definition) is 1. The van der Waals surface area contributed by atoms with Crippen molar-refractivity contribution in [2.75, 3.05) is 13.1 Å². The van der Waals surface area contributed by atoms with Gasteiger partial charge in [0.25, 0.3) is 0 Å². The Morgan fingerprint density at radius 3 is 1.91 bits per heavy atom. The summed E-state index contributed by atoms with van der Waals surface area (Å²) >= 11 is 0. The van der Waals surface area contributed by atoms with Crippen LogP contribution in [0.15, 0.2) is 0 Å². The van der Waals surface area contributed by atoms with Crippen LogP contribution in [0, 0.1) is 11.8 Å². The van der Waals surface area contributed by atoms with Crippen LogP contribution in [0.25, 0.3) is 0 Å². The van der Waals surface area contributed by atoms with Crippen molar-refractivity contribution in [1.29, 1.82) is 0 Å². The van der Waals surface area contributed by atoms with Crippen LogP contribution in [-0.2, 0) is 0 Å². The predicted molar refractivity (Wildman–Crippen MR) is 52.3 cm³/mol. The van der Waals surface area contributed by atoms with Crippen molar-refractivity contribution in [3.05, 3.63) is 0 Å². The molecule has 0 aromatic heterocycles. The largest absolute Gasteiger partial charge is 0.316 e. The van der Waals surface area contributed by atoms with Gasteiger partial charge in [-0.2, -0.15) is 0 Å². The van der Waals surface area contributed by atoms with Gasteiger partial charge in [-0.1, -0.05) is 26.7 Å². The van der Waals surface area contributed by atoms with Crippen molar-refractivity contribution in [2.24, 2.45) is 11.8 Å². The highest BCUT2D eigenvalue weighted by molar-refractivity contribution is 5.85. The molecule has 0 radical (unpaired) electrons. The minimum Gasteiger partial charge on any atom is -0.316 e. The SMILES string of the molecule is CCC1CNCC(CC)C1.Cl. The number of piperidine rings is 1. The second-order valence-corrected chi connectivity index (χ2v) is 3.44. The third-order valence-electron chi connectivity index (χ3n) is 2.69. The first-order chi connectivity index (χ1) is 4.86. The van der Waals surface area contributed by atoms with Gasteiger partial charge in [0.05, 0.1) is 0 Å². The molecule has 1 aliphatic rings. The van der Waals surface area contributed by atoms with Gasteiger partial charge in [-0.25, -0.2) is 0 Å². The summed E-state index contributed by atoms with van der Waals surface area (Å²) in [4.78, 5) is 0. The van der Waals surface area contributed by atoms with Crippen LogP contribution in [0.2, 0.25) is 0 Å². The lowest BCUT2D eigenvalue weighted by Gasteiger charge is -2.28. The third kappa shape index (κ3) is 3.44. The molecule has 0 aliphatic carbocycles. The van der Waals surface area contributed by atoms with Crippen molar-refractivity contribution in [3.63, 3.8) is 0 Å². The van der Waals surface area contributed by atoms with E-state index in [1.165, 1.54) is 32.4 Å².